The summed E-state index contributed by atoms with van der Waals surface area (Å²) < 4.78 is 11.1. The molecule has 2 heterocycles. The van der Waals surface area contributed by atoms with Crippen LogP contribution in [0.5, 0.6) is 5.75 Å². The van der Waals surface area contributed by atoms with Crippen LogP contribution >= 0.6 is 24.0 Å². The minimum atomic E-state index is -0.0256. The van der Waals surface area contributed by atoms with Crippen molar-refractivity contribution in [3.8, 4) is 5.75 Å². The van der Waals surface area contributed by atoms with Gasteiger partial charge in [0.15, 0.2) is 0 Å². The molecule has 0 bridgehead atoms. The standard InChI is InChI=1S/C16H18N2O3S2/c1-20-13-4-2-12(3-5-13)10-14-15(19)18(16(22)23-14)11-17-6-8-21-9-7-17/h2-5,10H,6-9,11H2,1H3. The fourth-order valence-electron chi connectivity index (χ4n) is 2.42. The Kier molecular flexibility index (Phi) is 5.32. The number of ether oxygens (including phenoxy) is 2. The first-order chi connectivity index (χ1) is 11.2. The zero-order valence-electron chi connectivity index (χ0n) is 12.9. The van der Waals surface area contributed by atoms with Gasteiger partial charge in [0.1, 0.15) is 10.1 Å². The molecule has 2 fully saturated rings. The van der Waals surface area contributed by atoms with Gasteiger partial charge in [0.25, 0.3) is 5.91 Å². The molecule has 0 spiro atoms. The highest BCUT2D eigenvalue weighted by molar-refractivity contribution is 8.26. The summed E-state index contributed by atoms with van der Waals surface area (Å²) in [4.78, 5) is 17.1. The van der Waals surface area contributed by atoms with Crippen LogP contribution in [0, 0.1) is 0 Å². The third kappa shape index (κ3) is 3.92. The number of thiocarbonyl (C=S) groups is 1. The molecule has 3 rings (SSSR count). The topological polar surface area (TPSA) is 42.0 Å². The van der Waals surface area contributed by atoms with Crippen LogP contribution in [0.3, 0.4) is 0 Å². The molecule has 1 amide bonds. The van der Waals surface area contributed by atoms with Crippen LogP contribution in [-0.4, -0.2) is 60.1 Å². The third-order valence-electron chi connectivity index (χ3n) is 3.73. The second-order valence-corrected chi connectivity index (χ2v) is 6.93. The van der Waals surface area contributed by atoms with Crippen LogP contribution in [0.4, 0.5) is 0 Å². The molecule has 122 valence electrons. The van der Waals surface area contributed by atoms with E-state index in [0.717, 1.165) is 24.4 Å². The van der Waals surface area contributed by atoms with Crippen molar-refractivity contribution in [2.45, 2.75) is 0 Å². The summed E-state index contributed by atoms with van der Waals surface area (Å²) in [5.74, 6) is 0.768. The number of morpholine rings is 1. The smallest absolute Gasteiger partial charge is 0.267 e. The SMILES string of the molecule is COc1ccc(C=C2SC(=S)N(CN3CCOCC3)C2=O)cc1. The van der Waals surface area contributed by atoms with Crippen LogP contribution in [0.1, 0.15) is 5.56 Å². The van der Waals surface area contributed by atoms with Crippen LogP contribution < -0.4 is 4.74 Å². The molecule has 1 aromatic rings. The first-order valence-electron chi connectivity index (χ1n) is 7.37. The van der Waals surface area contributed by atoms with Crippen molar-refractivity contribution in [2.75, 3.05) is 40.1 Å². The molecule has 0 saturated carbocycles. The number of rotatable bonds is 4. The lowest BCUT2D eigenvalue weighted by Gasteiger charge is -2.29. The lowest BCUT2D eigenvalue weighted by molar-refractivity contribution is -0.124. The molecule has 7 heteroatoms. The largest absolute Gasteiger partial charge is 0.497 e. The van der Waals surface area contributed by atoms with Gasteiger partial charge in [-0.1, -0.05) is 36.1 Å². The van der Waals surface area contributed by atoms with Crippen molar-refractivity contribution < 1.29 is 14.3 Å². The monoisotopic (exact) mass is 350 g/mol. The Labute approximate surface area is 145 Å². The van der Waals surface area contributed by atoms with E-state index in [9.17, 15) is 4.79 Å². The molecule has 2 aliphatic rings. The Morgan fingerprint density at radius 3 is 2.65 bits per heavy atom. The maximum atomic E-state index is 12.6. The van der Waals surface area contributed by atoms with Crippen LogP contribution in [0.2, 0.25) is 0 Å². The molecule has 2 aliphatic heterocycles. The predicted molar refractivity (Wildman–Crippen MR) is 95.3 cm³/mol. The van der Waals surface area contributed by atoms with Crippen molar-refractivity contribution in [1.82, 2.24) is 9.80 Å². The first kappa shape index (κ1) is 16.4. The first-order valence-corrected chi connectivity index (χ1v) is 8.59. The molecule has 23 heavy (non-hydrogen) atoms. The summed E-state index contributed by atoms with van der Waals surface area (Å²) in [5.41, 5.74) is 0.956. The Bertz CT molecular complexity index is 625. The van der Waals surface area contributed by atoms with Crippen molar-refractivity contribution >= 4 is 40.3 Å². The fraction of sp³-hybridized carbons (Fsp3) is 0.375. The highest BCUT2D eigenvalue weighted by Crippen LogP contribution is 2.32. The lowest BCUT2D eigenvalue weighted by Crippen LogP contribution is -2.45. The van der Waals surface area contributed by atoms with E-state index in [2.05, 4.69) is 4.90 Å². The van der Waals surface area contributed by atoms with E-state index in [1.54, 1.807) is 12.0 Å². The summed E-state index contributed by atoms with van der Waals surface area (Å²) in [5, 5.41) is 0. The van der Waals surface area contributed by atoms with E-state index in [0.29, 0.717) is 29.1 Å². The lowest BCUT2D eigenvalue weighted by atomic mass is 10.2. The van der Waals surface area contributed by atoms with Crippen molar-refractivity contribution in [3.63, 3.8) is 0 Å². The number of hydrogen-bond acceptors (Lipinski definition) is 6. The number of amides is 1. The summed E-state index contributed by atoms with van der Waals surface area (Å²) >= 11 is 6.72. The van der Waals surface area contributed by atoms with E-state index in [1.165, 1.54) is 11.8 Å². The number of thioether (sulfide) groups is 1. The molecule has 0 unspecified atom stereocenters. The van der Waals surface area contributed by atoms with Crippen LogP contribution in [-0.2, 0) is 9.53 Å². The van der Waals surface area contributed by atoms with Crippen molar-refractivity contribution in [3.05, 3.63) is 34.7 Å². The minimum absolute atomic E-state index is 0.0256. The van der Waals surface area contributed by atoms with Gasteiger partial charge < -0.3 is 9.47 Å². The third-order valence-corrected chi connectivity index (χ3v) is 5.11. The van der Waals surface area contributed by atoms with E-state index < -0.39 is 0 Å². The molecule has 0 N–H and O–H groups in total. The van der Waals surface area contributed by atoms with Gasteiger partial charge in [0.2, 0.25) is 0 Å². The Morgan fingerprint density at radius 2 is 2.00 bits per heavy atom. The quantitative estimate of drug-likeness (QED) is 0.613. The average molecular weight is 350 g/mol. The molecule has 0 atom stereocenters. The predicted octanol–water partition coefficient (Wildman–Crippen LogP) is 2.19. The summed E-state index contributed by atoms with van der Waals surface area (Å²) in [6.45, 7) is 3.60. The van der Waals surface area contributed by atoms with Crippen molar-refractivity contribution in [1.29, 1.82) is 0 Å². The Morgan fingerprint density at radius 1 is 1.30 bits per heavy atom. The number of benzene rings is 1. The van der Waals surface area contributed by atoms with Gasteiger partial charge >= 0.3 is 0 Å². The van der Waals surface area contributed by atoms with Crippen LogP contribution in [0.25, 0.3) is 6.08 Å². The summed E-state index contributed by atoms with van der Waals surface area (Å²) in [7, 11) is 1.63. The molecule has 0 aromatic heterocycles. The molecule has 1 aromatic carbocycles. The molecular formula is C16H18N2O3S2. The highest BCUT2D eigenvalue weighted by atomic mass is 32.2. The maximum absolute atomic E-state index is 12.6. The van der Waals surface area contributed by atoms with E-state index in [-0.39, 0.29) is 5.91 Å². The number of carbonyl (C=O) groups is 1. The molecule has 5 nitrogen and oxygen atoms in total. The van der Waals surface area contributed by atoms with Gasteiger partial charge in [-0.25, -0.2) is 0 Å². The van der Waals surface area contributed by atoms with Crippen LogP contribution in [0.15, 0.2) is 29.2 Å². The van der Waals surface area contributed by atoms with Gasteiger partial charge in [0, 0.05) is 13.1 Å². The average Bonchev–Trinajstić information content (AvgIpc) is 2.84. The van der Waals surface area contributed by atoms with Crippen molar-refractivity contribution in [2.24, 2.45) is 0 Å². The zero-order chi connectivity index (χ0) is 16.2. The van der Waals surface area contributed by atoms with Gasteiger partial charge in [0.05, 0.1) is 31.9 Å². The van der Waals surface area contributed by atoms with E-state index >= 15 is 0 Å². The van der Waals surface area contributed by atoms with Gasteiger partial charge in [-0.3, -0.25) is 14.6 Å². The van der Waals surface area contributed by atoms with E-state index in [1.807, 2.05) is 30.3 Å². The van der Waals surface area contributed by atoms with Gasteiger partial charge in [-0.05, 0) is 23.8 Å². The molecule has 2 saturated heterocycles. The van der Waals surface area contributed by atoms with E-state index in [4.69, 9.17) is 21.7 Å². The fourth-order valence-corrected chi connectivity index (χ4v) is 3.66. The number of nitrogens with zero attached hydrogens (tertiary/aromatic N) is 2. The molecule has 0 aliphatic carbocycles. The highest BCUT2D eigenvalue weighted by Gasteiger charge is 2.33. The number of methoxy groups -OCH3 is 1. The maximum Gasteiger partial charge on any atom is 0.267 e. The Balaban J connectivity index is 1.70. The summed E-state index contributed by atoms with van der Waals surface area (Å²) in [6.07, 6.45) is 1.87. The second-order valence-electron chi connectivity index (χ2n) is 5.25. The van der Waals surface area contributed by atoms with Gasteiger partial charge in [-0.15, -0.1) is 0 Å². The molecule has 0 radical (unpaired) electrons. The molecular weight excluding hydrogens is 332 g/mol. The Hall–Kier alpha value is -1.41. The minimum Gasteiger partial charge on any atom is -0.497 e. The normalized spacial score (nSPS) is 21.3. The number of carbonyl (C=O) groups excluding carboxylic acids is 1. The van der Waals surface area contributed by atoms with Gasteiger partial charge in [-0.2, -0.15) is 0 Å². The summed E-state index contributed by atoms with van der Waals surface area (Å²) in [6, 6.07) is 7.60. The second kappa shape index (κ2) is 7.44. The zero-order valence-corrected chi connectivity index (χ0v) is 14.5. The number of hydrogen-bond donors (Lipinski definition) is 0.